The summed E-state index contributed by atoms with van der Waals surface area (Å²) in [6, 6.07) is 2.34. The van der Waals surface area contributed by atoms with Crippen molar-refractivity contribution >= 4 is 11.8 Å². The topological polar surface area (TPSA) is 70.6 Å². The largest absolute Gasteiger partial charge is 0.417 e. The number of guanidine groups is 1. The van der Waals surface area contributed by atoms with Crippen LogP contribution in [0, 0.1) is 0 Å². The van der Waals surface area contributed by atoms with Crippen LogP contribution in [0.25, 0.3) is 0 Å². The second-order valence-corrected chi connectivity index (χ2v) is 5.09. The molecule has 0 fully saturated rings. The molecular formula is C16H26F3N5O. The van der Waals surface area contributed by atoms with Crippen molar-refractivity contribution in [1.82, 2.24) is 15.6 Å². The number of pyridine rings is 1. The third-order valence-electron chi connectivity index (χ3n) is 3.09. The van der Waals surface area contributed by atoms with E-state index in [1.165, 1.54) is 6.07 Å². The van der Waals surface area contributed by atoms with Gasteiger partial charge in [-0.2, -0.15) is 13.2 Å². The quantitative estimate of drug-likeness (QED) is 0.339. The number of aliphatic imine (C=N–C) groups is 1. The van der Waals surface area contributed by atoms with Gasteiger partial charge in [0.1, 0.15) is 5.82 Å². The molecule has 1 aromatic rings. The number of halogens is 3. The van der Waals surface area contributed by atoms with E-state index in [1.54, 1.807) is 0 Å². The van der Waals surface area contributed by atoms with Crippen molar-refractivity contribution in [2.24, 2.45) is 4.99 Å². The molecule has 0 aromatic carbocycles. The van der Waals surface area contributed by atoms with Gasteiger partial charge in [-0.15, -0.1) is 0 Å². The summed E-state index contributed by atoms with van der Waals surface area (Å²) in [7, 11) is 0. The number of hydrogen-bond acceptors (Lipinski definition) is 4. The predicted molar refractivity (Wildman–Crippen MR) is 92.8 cm³/mol. The van der Waals surface area contributed by atoms with Gasteiger partial charge in [-0.3, -0.25) is 4.99 Å². The second kappa shape index (κ2) is 11.5. The van der Waals surface area contributed by atoms with Crippen molar-refractivity contribution in [1.29, 1.82) is 0 Å². The zero-order chi connectivity index (χ0) is 18.5. The summed E-state index contributed by atoms with van der Waals surface area (Å²) < 4.78 is 42.6. The summed E-state index contributed by atoms with van der Waals surface area (Å²) in [6.45, 7) is 7.80. The molecule has 0 saturated carbocycles. The Morgan fingerprint density at radius 3 is 2.60 bits per heavy atom. The van der Waals surface area contributed by atoms with Crippen LogP contribution < -0.4 is 16.0 Å². The van der Waals surface area contributed by atoms with Gasteiger partial charge in [0.15, 0.2) is 5.96 Å². The maximum Gasteiger partial charge on any atom is 0.417 e. The van der Waals surface area contributed by atoms with Gasteiger partial charge in [-0.25, -0.2) is 4.98 Å². The zero-order valence-electron chi connectivity index (χ0n) is 14.6. The smallest absolute Gasteiger partial charge is 0.380 e. The molecule has 0 aliphatic rings. The highest BCUT2D eigenvalue weighted by Gasteiger charge is 2.30. The van der Waals surface area contributed by atoms with Crippen LogP contribution in [-0.2, 0) is 10.9 Å². The first kappa shape index (κ1) is 21.0. The van der Waals surface area contributed by atoms with Crippen LogP contribution in [-0.4, -0.2) is 50.3 Å². The minimum Gasteiger partial charge on any atom is -0.380 e. The van der Waals surface area contributed by atoms with Crippen LogP contribution >= 0.6 is 0 Å². The zero-order valence-corrected chi connectivity index (χ0v) is 14.6. The number of rotatable bonds is 10. The molecule has 0 unspecified atom stereocenters. The molecule has 0 aliphatic carbocycles. The normalized spacial score (nSPS) is 12.1. The molecule has 0 bridgehead atoms. The molecule has 0 spiro atoms. The minimum atomic E-state index is -4.36. The first-order valence-electron chi connectivity index (χ1n) is 8.34. The minimum absolute atomic E-state index is 0.415. The van der Waals surface area contributed by atoms with E-state index in [4.69, 9.17) is 4.74 Å². The van der Waals surface area contributed by atoms with E-state index in [2.05, 4.69) is 25.9 Å². The molecule has 0 aliphatic heterocycles. The number of ether oxygens (including phenoxy) is 1. The average molecular weight is 361 g/mol. The molecule has 0 atom stereocenters. The molecule has 25 heavy (non-hydrogen) atoms. The first-order chi connectivity index (χ1) is 12.0. The van der Waals surface area contributed by atoms with Gasteiger partial charge < -0.3 is 20.7 Å². The van der Waals surface area contributed by atoms with Crippen LogP contribution in [0.2, 0.25) is 0 Å². The van der Waals surface area contributed by atoms with E-state index in [1.807, 2.05) is 13.8 Å². The van der Waals surface area contributed by atoms with Gasteiger partial charge in [-0.1, -0.05) is 0 Å². The van der Waals surface area contributed by atoms with Crippen molar-refractivity contribution in [3.63, 3.8) is 0 Å². The van der Waals surface area contributed by atoms with Gasteiger partial charge in [0.2, 0.25) is 0 Å². The van der Waals surface area contributed by atoms with E-state index >= 15 is 0 Å². The lowest BCUT2D eigenvalue weighted by Crippen LogP contribution is -2.39. The molecule has 0 saturated heterocycles. The van der Waals surface area contributed by atoms with Crippen LogP contribution in [0.4, 0.5) is 19.0 Å². The lowest BCUT2D eigenvalue weighted by atomic mass is 10.3. The molecule has 0 radical (unpaired) electrons. The molecule has 1 heterocycles. The maximum absolute atomic E-state index is 12.4. The molecule has 3 N–H and O–H groups in total. The first-order valence-corrected chi connectivity index (χ1v) is 8.34. The Balaban J connectivity index is 2.30. The van der Waals surface area contributed by atoms with Crippen LogP contribution in [0.1, 0.15) is 25.8 Å². The number of alkyl halides is 3. The molecule has 1 aromatic heterocycles. The fourth-order valence-corrected chi connectivity index (χ4v) is 1.88. The lowest BCUT2D eigenvalue weighted by molar-refractivity contribution is -0.137. The average Bonchev–Trinajstić information content (AvgIpc) is 2.58. The highest BCUT2D eigenvalue weighted by molar-refractivity contribution is 5.79. The molecular weight excluding hydrogens is 335 g/mol. The van der Waals surface area contributed by atoms with Gasteiger partial charge in [0.25, 0.3) is 0 Å². The molecule has 142 valence electrons. The van der Waals surface area contributed by atoms with Gasteiger partial charge in [0, 0.05) is 39.0 Å². The van der Waals surface area contributed by atoms with Crippen LogP contribution in [0.15, 0.2) is 23.3 Å². The Bertz CT molecular complexity index is 505. The van der Waals surface area contributed by atoms with Crippen molar-refractivity contribution in [3.05, 3.63) is 23.9 Å². The summed E-state index contributed by atoms with van der Waals surface area (Å²) in [5.41, 5.74) is -0.754. The summed E-state index contributed by atoms with van der Waals surface area (Å²) in [5.74, 6) is 1.13. The standard InChI is InChI=1S/C16H26F3N5O/c1-3-20-15(23-10-11-25-4-2)22-9-5-8-21-14-7-6-13(12-24-14)16(17,18)19/h6-7,12H,3-5,8-11H2,1-2H3,(H,21,24)(H2,20,22,23). The summed E-state index contributed by atoms with van der Waals surface area (Å²) >= 11 is 0. The lowest BCUT2D eigenvalue weighted by Gasteiger charge is -2.11. The van der Waals surface area contributed by atoms with Crippen molar-refractivity contribution in [2.45, 2.75) is 26.4 Å². The molecule has 1 rings (SSSR count). The molecule has 6 nitrogen and oxygen atoms in total. The van der Waals surface area contributed by atoms with E-state index in [0.717, 1.165) is 31.2 Å². The van der Waals surface area contributed by atoms with Crippen LogP contribution in [0.5, 0.6) is 0 Å². The number of nitrogens with zero attached hydrogens (tertiary/aromatic N) is 2. The summed E-state index contributed by atoms with van der Waals surface area (Å²) in [6.07, 6.45) is -2.81. The Kier molecular flexibility index (Phi) is 9.68. The van der Waals surface area contributed by atoms with Crippen molar-refractivity contribution in [2.75, 3.05) is 44.7 Å². The SMILES string of the molecule is CCNC(=NCCCNc1ccc(C(F)(F)F)cn1)NCCOCC. The Labute approximate surface area is 146 Å². The van der Waals surface area contributed by atoms with E-state index in [0.29, 0.717) is 38.7 Å². The fourth-order valence-electron chi connectivity index (χ4n) is 1.88. The summed E-state index contributed by atoms with van der Waals surface area (Å²) in [4.78, 5) is 8.18. The van der Waals surface area contributed by atoms with Crippen LogP contribution in [0.3, 0.4) is 0 Å². The number of nitrogens with one attached hydrogen (secondary N) is 3. The van der Waals surface area contributed by atoms with Gasteiger partial charge >= 0.3 is 6.18 Å². The highest BCUT2D eigenvalue weighted by atomic mass is 19.4. The molecule has 0 amide bonds. The Morgan fingerprint density at radius 2 is 2.00 bits per heavy atom. The second-order valence-electron chi connectivity index (χ2n) is 5.09. The third kappa shape index (κ3) is 9.13. The highest BCUT2D eigenvalue weighted by Crippen LogP contribution is 2.28. The third-order valence-corrected chi connectivity index (χ3v) is 3.09. The number of aromatic nitrogens is 1. The fraction of sp³-hybridized carbons (Fsp3) is 0.625. The van der Waals surface area contributed by atoms with E-state index < -0.39 is 11.7 Å². The number of hydrogen-bond donors (Lipinski definition) is 3. The number of anilines is 1. The summed E-state index contributed by atoms with van der Waals surface area (Å²) in [5, 5.41) is 9.27. The van der Waals surface area contributed by atoms with Gasteiger partial charge in [0.05, 0.1) is 12.2 Å². The molecule has 9 heteroatoms. The Hall–Kier alpha value is -2.03. The predicted octanol–water partition coefficient (Wildman–Crippen LogP) is 2.49. The monoisotopic (exact) mass is 361 g/mol. The van der Waals surface area contributed by atoms with Crippen molar-refractivity contribution in [3.8, 4) is 0 Å². The van der Waals surface area contributed by atoms with E-state index in [-0.39, 0.29) is 0 Å². The van der Waals surface area contributed by atoms with Gasteiger partial charge in [-0.05, 0) is 32.4 Å². The Morgan fingerprint density at radius 1 is 1.20 bits per heavy atom. The maximum atomic E-state index is 12.4. The van der Waals surface area contributed by atoms with E-state index in [9.17, 15) is 13.2 Å². The van der Waals surface area contributed by atoms with Crippen molar-refractivity contribution < 1.29 is 17.9 Å².